The van der Waals surface area contributed by atoms with E-state index >= 15 is 0 Å². The van der Waals surface area contributed by atoms with E-state index in [1.807, 2.05) is 13.8 Å². The molecule has 0 heterocycles. The van der Waals surface area contributed by atoms with Crippen LogP contribution in [0.4, 0.5) is 0 Å². The normalized spacial score (nSPS) is 33.0. The van der Waals surface area contributed by atoms with Crippen LogP contribution < -0.4 is 0 Å². The van der Waals surface area contributed by atoms with Crippen molar-refractivity contribution in [2.75, 3.05) is 14.2 Å². The van der Waals surface area contributed by atoms with Gasteiger partial charge in [-0.15, -0.1) is 11.6 Å². The summed E-state index contributed by atoms with van der Waals surface area (Å²) in [6.45, 7) is 3.83. The van der Waals surface area contributed by atoms with E-state index in [1.54, 1.807) is 20.3 Å². The Kier molecular flexibility index (Phi) is 3.51. The summed E-state index contributed by atoms with van der Waals surface area (Å²) in [5.74, 6) is 0.760. The molecule has 0 aromatic heterocycles. The van der Waals surface area contributed by atoms with Gasteiger partial charge < -0.3 is 9.47 Å². The predicted molar refractivity (Wildman–Crippen MR) is 58.7 cm³/mol. The first kappa shape index (κ1) is 11.9. The Balaban J connectivity index is 3.17. The Hall–Kier alpha value is -0.180. The minimum atomic E-state index is -0.951. The van der Waals surface area contributed by atoms with E-state index in [2.05, 4.69) is 0 Å². The minimum absolute atomic E-state index is 0.423. The Morgan fingerprint density at radius 1 is 1.36 bits per heavy atom. The number of halogens is 2. The lowest BCUT2D eigenvalue weighted by molar-refractivity contribution is 0.0946. The first-order valence-electron chi connectivity index (χ1n) is 4.29. The van der Waals surface area contributed by atoms with Gasteiger partial charge in [-0.1, -0.05) is 11.6 Å². The molecule has 0 saturated heterocycles. The van der Waals surface area contributed by atoms with Gasteiger partial charge >= 0.3 is 0 Å². The fourth-order valence-corrected chi connectivity index (χ4v) is 2.07. The van der Waals surface area contributed by atoms with Crippen LogP contribution in [-0.4, -0.2) is 24.7 Å². The Morgan fingerprint density at radius 2 is 1.93 bits per heavy atom. The van der Waals surface area contributed by atoms with Crippen molar-refractivity contribution in [2.45, 2.75) is 24.3 Å². The highest BCUT2D eigenvalue weighted by Crippen LogP contribution is 2.41. The minimum Gasteiger partial charge on any atom is -0.497 e. The zero-order valence-corrected chi connectivity index (χ0v) is 10.2. The van der Waals surface area contributed by atoms with Crippen LogP contribution in [0, 0.1) is 0 Å². The van der Waals surface area contributed by atoms with Crippen molar-refractivity contribution in [3.05, 3.63) is 23.0 Å². The summed E-state index contributed by atoms with van der Waals surface area (Å²) in [5, 5.41) is -1.37. The summed E-state index contributed by atoms with van der Waals surface area (Å²) in [6.07, 6.45) is 1.76. The molecule has 0 spiro atoms. The van der Waals surface area contributed by atoms with Crippen molar-refractivity contribution < 1.29 is 9.47 Å². The van der Waals surface area contributed by atoms with E-state index in [9.17, 15) is 0 Å². The van der Waals surface area contributed by atoms with Crippen LogP contribution in [0.15, 0.2) is 23.0 Å². The number of allylic oxidation sites excluding steroid dienone is 1. The molecule has 1 aliphatic rings. The smallest absolute Gasteiger partial charge is 0.183 e. The van der Waals surface area contributed by atoms with Gasteiger partial charge in [0.2, 0.25) is 0 Å². The van der Waals surface area contributed by atoms with Crippen LogP contribution in [0.25, 0.3) is 0 Å². The van der Waals surface area contributed by atoms with Gasteiger partial charge in [0, 0.05) is 7.11 Å². The molecule has 0 radical (unpaired) electrons. The summed E-state index contributed by atoms with van der Waals surface area (Å²) in [4.78, 5) is 0. The number of ether oxygens (including phenoxy) is 2. The fraction of sp³-hybridized carbons (Fsp3) is 0.600. The molecule has 0 aliphatic heterocycles. The Morgan fingerprint density at radius 3 is 2.36 bits per heavy atom. The molecule has 2 nitrogen and oxygen atoms in total. The maximum absolute atomic E-state index is 6.27. The zero-order chi connectivity index (χ0) is 10.9. The van der Waals surface area contributed by atoms with Crippen molar-refractivity contribution in [3.63, 3.8) is 0 Å². The van der Waals surface area contributed by atoms with E-state index in [4.69, 9.17) is 32.7 Å². The third kappa shape index (κ3) is 1.67. The fourth-order valence-electron chi connectivity index (χ4n) is 1.50. The topological polar surface area (TPSA) is 18.5 Å². The molecule has 2 atom stereocenters. The molecular weight excluding hydrogens is 223 g/mol. The monoisotopic (exact) mass is 236 g/mol. The summed E-state index contributed by atoms with van der Waals surface area (Å²) in [7, 11) is 3.16. The maximum atomic E-state index is 6.27. The summed E-state index contributed by atoms with van der Waals surface area (Å²) >= 11 is 12.4. The van der Waals surface area contributed by atoms with Crippen LogP contribution in [-0.2, 0) is 9.47 Å². The highest BCUT2D eigenvalue weighted by molar-refractivity contribution is 6.34. The molecule has 0 amide bonds. The molecule has 80 valence electrons. The van der Waals surface area contributed by atoms with Gasteiger partial charge in [0.05, 0.1) is 7.11 Å². The van der Waals surface area contributed by atoms with Crippen LogP contribution in [0.5, 0.6) is 0 Å². The number of alkyl halides is 2. The number of rotatable bonds is 2. The highest BCUT2D eigenvalue weighted by Gasteiger charge is 2.41. The highest BCUT2D eigenvalue weighted by atomic mass is 35.5. The third-order valence-corrected chi connectivity index (χ3v) is 3.83. The van der Waals surface area contributed by atoms with Crippen molar-refractivity contribution in [2.24, 2.45) is 0 Å². The molecule has 0 aromatic carbocycles. The molecule has 0 aromatic rings. The average Bonchev–Trinajstić information content (AvgIpc) is 2.20. The lowest BCUT2D eigenvalue weighted by atomic mass is 9.94. The molecular formula is C10H14Cl2O2. The predicted octanol–water partition coefficient (Wildman–Crippen LogP) is 3.06. The molecule has 2 unspecified atom stereocenters. The lowest BCUT2D eigenvalue weighted by Gasteiger charge is -2.34. The molecule has 0 saturated carbocycles. The van der Waals surface area contributed by atoms with E-state index < -0.39 is 10.4 Å². The van der Waals surface area contributed by atoms with Crippen LogP contribution in [0.3, 0.4) is 0 Å². The third-order valence-electron chi connectivity index (χ3n) is 2.61. The molecule has 14 heavy (non-hydrogen) atoms. The first-order valence-corrected chi connectivity index (χ1v) is 5.11. The lowest BCUT2D eigenvalue weighted by Crippen LogP contribution is -2.38. The van der Waals surface area contributed by atoms with Gasteiger partial charge in [0.25, 0.3) is 0 Å². The van der Waals surface area contributed by atoms with E-state index in [0.29, 0.717) is 0 Å². The number of methoxy groups -OCH3 is 2. The summed E-state index contributed by atoms with van der Waals surface area (Å²) in [5.41, 5.74) is 1.86. The second kappa shape index (κ2) is 4.13. The number of hydrogen-bond donors (Lipinski definition) is 0. The van der Waals surface area contributed by atoms with Gasteiger partial charge in [-0.2, -0.15) is 0 Å². The second-order valence-electron chi connectivity index (χ2n) is 3.24. The molecule has 1 aliphatic carbocycles. The van der Waals surface area contributed by atoms with Crippen molar-refractivity contribution in [1.29, 1.82) is 0 Å². The SMILES string of the molecule is COC1=CC(Cl)C(Cl)(OC)C(C)=C1C. The van der Waals surface area contributed by atoms with Crippen molar-refractivity contribution in [1.82, 2.24) is 0 Å². The van der Waals surface area contributed by atoms with Gasteiger partial charge in [0.15, 0.2) is 5.06 Å². The summed E-state index contributed by atoms with van der Waals surface area (Å²) < 4.78 is 10.4. The first-order chi connectivity index (χ1) is 6.47. The van der Waals surface area contributed by atoms with Crippen LogP contribution >= 0.6 is 23.2 Å². The van der Waals surface area contributed by atoms with Crippen LogP contribution in [0.2, 0.25) is 0 Å². The molecule has 0 bridgehead atoms. The standard InChI is InChI=1S/C10H14Cl2O2/c1-6-7(2)10(12,14-4)9(11)5-8(6)13-3/h5,9H,1-4H3. The zero-order valence-electron chi connectivity index (χ0n) is 8.73. The van der Waals surface area contributed by atoms with E-state index in [-0.39, 0.29) is 0 Å². The van der Waals surface area contributed by atoms with Crippen molar-refractivity contribution >= 4 is 23.2 Å². The average molecular weight is 237 g/mol. The summed E-state index contributed by atoms with van der Waals surface area (Å²) in [6, 6.07) is 0. The Bertz CT molecular complexity index is 296. The van der Waals surface area contributed by atoms with Gasteiger partial charge in [-0.25, -0.2) is 0 Å². The maximum Gasteiger partial charge on any atom is 0.183 e. The number of hydrogen-bond acceptors (Lipinski definition) is 2. The Labute approximate surface area is 94.5 Å². The van der Waals surface area contributed by atoms with Crippen LogP contribution in [0.1, 0.15) is 13.8 Å². The quantitative estimate of drug-likeness (QED) is 0.687. The molecule has 1 rings (SSSR count). The molecule has 4 heteroatoms. The van der Waals surface area contributed by atoms with Gasteiger partial charge in [-0.3, -0.25) is 0 Å². The second-order valence-corrected chi connectivity index (χ2v) is 4.27. The van der Waals surface area contributed by atoms with Gasteiger partial charge in [0.1, 0.15) is 11.1 Å². The van der Waals surface area contributed by atoms with Gasteiger partial charge in [-0.05, 0) is 31.1 Å². The van der Waals surface area contributed by atoms with E-state index in [0.717, 1.165) is 16.9 Å². The largest absolute Gasteiger partial charge is 0.497 e. The molecule has 0 N–H and O–H groups in total. The van der Waals surface area contributed by atoms with E-state index in [1.165, 1.54) is 0 Å². The molecule has 0 fully saturated rings. The van der Waals surface area contributed by atoms with Crippen molar-refractivity contribution in [3.8, 4) is 0 Å².